The van der Waals surface area contributed by atoms with Gasteiger partial charge in [0.2, 0.25) is 5.91 Å². The number of nitrogens with two attached hydrogens (primary N) is 1. The minimum Gasteiger partial charge on any atom is -0.449 e. The van der Waals surface area contributed by atoms with Crippen LogP contribution in [0.2, 0.25) is 0 Å². The van der Waals surface area contributed by atoms with Crippen LogP contribution in [0, 0.1) is 0 Å². The minimum atomic E-state index is -0.292. The molecule has 1 heterocycles. The minimum absolute atomic E-state index is 0.191. The first kappa shape index (κ1) is 19.2. The summed E-state index contributed by atoms with van der Waals surface area (Å²) in [5.74, 6) is 0.191. The summed E-state index contributed by atoms with van der Waals surface area (Å²) in [6, 6.07) is 8.01. The molecule has 1 aromatic rings. The van der Waals surface area contributed by atoms with Crippen LogP contribution in [0.4, 0.5) is 4.79 Å². The van der Waals surface area contributed by atoms with Gasteiger partial charge in [-0.1, -0.05) is 37.6 Å². The van der Waals surface area contributed by atoms with Crippen molar-refractivity contribution in [2.75, 3.05) is 32.8 Å². The van der Waals surface area contributed by atoms with E-state index in [1.54, 1.807) is 4.90 Å². The lowest BCUT2D eigenvalue weighted by atomic mass is 10.1. The highest BCUT2D eigenvalue weighted by Crippen LogP contribution is 2.09. The molecule has 2 rings (SSSR count). The molecule has 1 saturated heterocycles. The van der Waals surface area contributed by atoms with E-state index in [1.165, 1.54) is 0 Å². The van der Waals surface area contributed by atoms with Crippen LogP contribution in [0.15, 0.2) is 24.3 Å². The van der Waals surface area contributed by atoms with Gasteiger partial charge in [-0.3, -0.25) is 4.79 Å². The van der Waals surface area contributed by atoms with E-state index in [0.29, 0.717) is 52.2 Å². The number of ether oxygens (including phenoxy) is 1. The molecule has 6 nitrogen and oxygen atoms in total. The highest BCUT2D eigenvalue weighted by Gasteiger charge is 2.24. The topological polar surface area (TPSA) is 75.9 Å². The second-order valence-corrected chi connectivity index (χ2v) is 6.36. The van der Waals surface area contributed by atoms with E-state index in [9.17, 15) is 9.59 Å². The molecule has 25 heavy (non-hydrogen) atoms. The molecule has 138 valence electrons. The lowest BCUT2D eigenvalue weighted by molar-refractivity contribution is -0.132. The third-order valence-corrected chi connectivity index (χ3v) is 4.51. The number of amides is 2. The first-order valence-electron chi connectivity index (χ1n) is 9.11. The Hall–Kier alpha value is -2.08. The van der Waals surface area contributed by atoms with Crippen LogP contribution in [0.25, 0.3) is 0 Å². The third-order valence-electron chi connectivity index (χ3n) is 4.51. The molecule has 0 radical (unpaired) electrons. The van der Waals surface area contributed by atoms with Gasteiger partial charge < -0.3 is 20.3 Å². The van der Waals surface area contributed by atoms with Crippen LogP contribution < -0.4 is 5.73 Å². The molecular formula is C19H29N3O3. The van der Waals surface area contributed by atoms with Crippen molar-refractivity contribution in [3.05, 3.63) is 35.4 Å². The van der Waals surface area contributed by atoms with Gasteiger partial charge in [0.05, 0.1) is 6.61 Å². The summed E-state index contributed by atoms with van der Waals surface area (Å²) in [6.45, 7) is 5.24. The fourth-order valence-corrected chi connectivity index (χ4v) is 2.81. The molecule has 0 spiro atoms. The van der Waals surface area contributed by atoms with E-state index in [0.717, 1.165) is 24.0 Å². The van der Waals surface area contributed by atoms with E-state index in [-0.39, 0.29) is 12.0 Å². The van der Waals surface area contributed by atoms with Gasteiger partial charge >= 0.3 is 6.09 Å². The zero-order valence-electron chi connectivity index (χ0n) is 15.1. The van der Waals surface area contributed by atoms with Crippen LogP contribution in [0.5, 0.6) is 0 Å². The van der Waals surface area contributed by atoms with Crippen molar-refractivity contribution in [2.45, 2.75) is 39.2 Å². The van der Waals surface area contributed by atoms with Crippen molar-refractivity contribution < 1.29 is 14.3 Å². The Morgan fingerprint density at radius 2 is 1.64 bits per heavy atom. The fourth-order valence-electron chi connectivity index (χ4n) is 2.81. The van der Waals surface area contributed by atoms with Gasteiger partial charge in [-0.05, 0) is 17.5 Å². The molecule has 1 aliphatic heterocycles. The molecule has 1 aromatic carbocycles. The van der Waals surface area contributed by atoms with E-state index >= 15 is 0 Å². The normalized spacial score (nSPS) is 14.5. The number of hydrogen-bond donors (Lipinski definition) is 1. The molecule has 1 fully saturated rings. The van der Waals surface area contributed by atoms with Crippen molar-refractivity contribution >= 4 is 12.0 Å². The van der Waals surface area contributed by atoms with Crippen LogP contribution >= 0.6 is 0 Å². The number of unbranched alkanes of at least 4 members (excludes halogenated alkanes) is 1. The Labute approximate surface area is 149 Å². The van der Waals surface area contributed by atoms with Gasteiger partial charge in [0.25, 0.3) is 0 Å². The Balaban J connectivity index is 1.67. The molecule has 0 aliphatic carbocycles. The van der Waals surface area contributed by atoms with Gasteiger partial charge in [-0.2, -0.15) is 0 Å². The molecule has 0 bridgehead atoms. The van der Waals surface area contributed by atoms with Crippen LogP contribution in [0.1, 0.15) is 37.3 Å². The number of benzene rings is 1. The van der Waals surface area contributed by atoms with Gasteiger partial charge in [0.15, 0.2) is 0 Å². The number of carbonyl (C=O) groups excluding carboxylic acids is 2. The number of piperazine rings is 1. The Kier molecular flexibility index (Phi) is 7.73. The van der Waals surface area contributed by atoms with Gasteiger partial charge in [-0.25, -0.2) is 4.79 Å². The molecular weight excluding hydrogens is 318 g/mol. The van der Waals surface area contributed by atoms with Crippen molar-refractivity contribution in [2.24, 2.45) is 5.73 Å². The number of carbonyl (C=O) groups is 2. The van der Waals surface area contributed by atoms with Crippen molar-refractivity contribution in [1.82, 2.24) is 9.80 Å². The Morgan fingerprint density at radius 3 is 2.24 bits per heavy atom. The van der Waals surface area contributed by atoms with E-state index < -0.39 is 0 Å². The molecule has 0 saturated carbocycles. The summed E-state index contributed by atoms with van der Waals surface area (Å²) >= 11 is 0. The lowest BCUT2D eigenvalue weighted by Crippen LogP contribution is -2.50. The zero-order valence-corrected chi connectivity index (χ0v) is 15.1. The molecule has 0 aromatic heterocycles. The second-order valence-electron chi connectivity index (χ2n) is 6.36. The molecule has 2 amide bonds. The summed E-state index contributed by atoms with van der Waals surface area (Å²) in [7, 11) is 0. The summed E-state index contributed by atoms with van der Waals surface area (Å²) in [4.78, 5) is 27.6. The van der Waals surface area contributed by atoms with Crippen molar-refractivity contribution in [3.63, 3.8) is 0 Å². The van der Waals surface area contributed by atoms with Crippen LogP contribution in [-0.2, 0) is 22.5 Å². The highest BCUT2D eigenvalue weighted by atomic mass is 16.6. The Bertz CT molecular complexity index is 552. The summed E-state index contributed by atoms with van der Waals surface area (Å²) in [5, 5.41) is 0. The largest absolute Gasteiger partial charge is 0.449 e. The molecule has 6 heteroatoms. The zero-order chi connectivity index (χ0) is 18.1. The van der Waals surface area contributed by atoms with E-state index in [2.05, 4.69) is 6.92 Å². The highest BCUT2D eigenvalue weighted by molar-refractivity contribution is 5.76. The number of hydrogen-bond acceptors (Lipinski definition) is 4. The third kappa shape index (κ3) is 6.05. The first-order valence-corrected chi connectivity index (χ1v) is 9.11. The molecule has 2 N–H and O–H groups in total. The van der Waals surface area contributed by atoms with Gasteiger partial charge in [0, 0.05) is 45.6 Å². The smallest absolute Gasteiger partial charge is 0.409 e. The molecule has 0 atom stereocenters. The van der Waals surface area contributed by atoms with Gasteiger partial charge in [0.1, 0.15) is 0 Å². The molecule has 1 aliphatic rings. The summed E-state index contributed by atoms with van der Waals surface area (Å²) in [5.41, 5.74) is 7.79. The second kappa shape index (κ2) is 10.0. The average molecular weight is 347 g/mol. The fraction of sp³-hybridized carbons (Fsp3) is 0.579. The maximum atomic E-state index is 12.1. The number of rotatable bonds is 7. The quantitative estimate of drug-likeness (QED) is 0.820. The van der Waals surface area contributed by atoms with E-state index in [1.807, 2.05) is 29.2 Å². The first-order chi connectivity index (χ1) is 12.1. The molecule has 0 unspecified atom stereocenters. The summed E-state index contributed by atoms with van der Waals surface area (Å²) < 4.78 is 5.36. The Morgan fingerprint density at radius 1 is 1.04 bits per heavy atom. The standard InChI is InChI=1S/C19H29N3O3/c1-2-3-4-18(23)21-10-12-22(13-11-21)19(24)25-14-9-16-5-7-17(15-20)8-6-16/h5-8H,2-4,9-15,20H2,1H3. The monoisotopic (exact) mass is 347 g/mol. The predicted molar refractivity (Wildman–Crippen MR) is 97.1 cm³/mol. The van der Waals surface area contributed by atoms with Crippen LogP contribution in [0.3, 0.4) is 0 Å². The maximum absolute atomic E-state index is 12.1. The maximum Gasteiger partial charge on any atom is 0.409 e. The van der Waals surface area contributed by atoms with E-state index in [4.69, 9.17) is 10.5 Å². The van der Waals surface area contributed by atoms with Crippen LogP contribution in [-0.4, -0.2) is 54.6 Å². The van der Waals surface area contributed by atoms with Gasteiger partial charge in [-0.15, -0.1) is 0 Å². The lowest BCUT2D eigenvalue weighted by Gasteiger charge is -2.34. The number of nitrogens with zero attached hydrogens (tertiary/aromatic N) is 2. The SMILES string of the molecule is CCCCC(=O)N1CCN(C(=O)OCCc2ccc(CN)cc2)CC1. The average Bonchev–Trinajstić information content (AvgIpc) is 2.66. The summed E-state index contributed by atoms with van der Waals surface area (Å²) in [6.07, 6.45) is 2.94. The predicted octanol–water partition coefficient (Wildman–Crippen LogP) is 2.16. The van der Waals surface area contributed by atoms with Crippen molar-refractivity contribution in [1.29, 1.82) is 0 Å². The van der Waals surface area contributed by atoms with Crippen molar-refractivity contribution in [3.8, 4) is 0 Å².